The van der Waals surface area contributed by atoms with Crippen molar-refractivity contribution < 1.29 is 36.2 Å². The van der Waals surface area contributed by atoms with Crippen LogP contribution in [0.4, 0.5) is 17.6 Å². The van der Waals surface area contributed by atoms with E-state index >= 15 is 8.78 Å². The van der Waals surface area contributed by atoms with E-state index in [1.807, 2.05) is 36.4 Å². The van der Waals surface area contributed by atoms with E-state index in [-0.39, 0.29) is 53.5 Å². The van der Waals surface area contributed by atoms with Crippen molar-refractivity contribution in [1.29, 1.82) is 0 Å². The van der Waals surface area contributed by atoms with Crippen LogP contribution in [0.1, 0.15) is 32.9 Å². The van der Waals surface area contributed by atoms with E-state index in [0.717, 1.165) is 16.4 Å². The van der Waals surface area contributed by atoms with Gasteiger partial charge >= 0.3 is 6.61 Å². The van der Waals surface area contributed by atoms with Gasteiger partial charge in [-0.05, 0) is 21.5 Å². The summed E-state index contributed by atoms with van der Waals surface area (Å²) in [5.74, 6) is -0.243. The zero-order valence-electron chi connectivity index (χ0n) is 32.4. The van der Waals surface area contributed by atoms with Crippen LogP contribution in [0.15, 0.2) is 72.4 Å². The summed E-state index contributed by atoms with van der Waals surface area (Å²) in [6.45, 7) is 10.6. The molecule has 7 rings (SSSR count). The molecule has 0 bridgehead atoms. The third-order valence-corrected chi connectivity index (χ3v) is 17.6. The van der Waals surface area contributed by atoms with Gasteiger partial charge in [-0.1, -0.05) is 101 Å². The Kier molecular flexibility index (Phi) is 11.1. The molecule has 4 aromatic heterocycles. The summed E-state index contributed by atoms with van der Waals surface area (Å²) in [5, 5.41) is 10.4. The molecule has 10 nitrogen and oxygen atoms in total. The molecule has 298 valence electrons. The number of rotatable bonds is 14. The Morgan fingerprint density at radius 2 is 1.61 bits per heavy atom. The predicted octanol–water partition coefficient (Wildman–Crippen LogP) is 8.55. The van der Waals surface area contributed by atoms with E-state index in [9.17, 15) is 8.78 Å². The van der Waals surface area contributed by atoms with Crippen molar-refractivity contribution in [3.8, 4) is 34.1 Å². The molecule has 0 unspecified atom stereocenters. The maximum Gasteiger partial charge on any atom is 0.388 e. The second kappa shape index (κ2) is 15.6. The Bertz CT molecular complexity index is 2240. The predicted molar refractivity (Wildman–Crippen MR) is 215 cm³/mol. The molecule has 0 spiro atoms. The third kappa shape index (κ3) is 7.58. The second-order valence-corrected chi connectivity index (χ2v) is 26.9. The van der Waals surface area contributed by atoms with Crippen molar-refractivity contribution in [2.24, 2.45) is 7.05 Å². The summed E-state index contributed by atoms with van der Waals surface area (Å²) >= 11 is 1.25. The molecule has 0 amide bonds. The summed E-state index contributed by atoms with van der Waals surface area (Å²) in [4.78, 5) is 4.60. The number of benzene rings is 2. The zero-order valence-corrected chi connectivity index (χ0v) is 35.2. The summed E-state index contributed by atoms with van der Waals surface area (Å²) in [6, 6.07) is 21.2. The van der Waals surface area contributed by atoms with E-state index in [0.29, 0.717) is 22.5 Å². The largest absolute Gasteiger partial charge is 0.475 e. The van der Waals surface area contributed by atoms with Crippen LogP contribution in [0.5, 0.6) is 11.8 Å². The van der Waals surface area contributed by atoms with Gasteiger partial charge in [-0.25, -0.2) is 18.4 Å². The molecule has 0 radical (unpaired) electrons. The highest BCUT2D eigenvalue weighted by Gasteiger charge is 2.52. The van der Waals surface area contributed by atoms with Crippen molar-refractivity contribution in [2.75, 3.05) is 13.2 Å². The number of ether oxygens (including phenoxy) is 3. The average Bonchev–Trinajstić information content (AvgIpc) is 3.90. The van der Waals surface area contributed by atoms with Crippen molar-refractivity contribution >= 4 is 48.4 Å². The van der Waals surface area contributed by atoms with Crippen molar-refractivity contribution in [3.05, 3.63) is 78.1 Å². The normalized spacial score (nSPS) is 15.2. The third-order valence-electron chi connectivity index (χ3n) is 9.94. The standard InChI is InChI=1S/C39H46F4N6O4SSi2/c1-39(2,3)56(26-14-10-8-11-15-26,27-16-12-9-13-17-27)53-25-20-49-37(51-22-25)30(31(45-49)34(40)41)32-29(28-21-47(4)46-36(28)52-38(42)43)33-35(44-23-54-33)48(32)24-50-18-19-55(5,6)7/h8-17,21,23,25,34,38H,18-20,22,24H2,1-7H3/t25-/m0/s1. The smallest absolute Gasteiger partial charge is 0.388 e. The highest BCUT2D eigenvalue weighted by atomic mass is 32.1. The van der Waals surface area contributed by atoms with Crippen LogP contribution in [-0.2, 0) is 29.5 Å². The fourth-order valence-corrected chi connectivity index (χ4v) is 13.7. The summed E-state index contributed by atoms with van der Waals surface area (Å²) in [7, 11) is -2.96. The highest BCUT2D eigenvalue weighted by Crippen LogP contribution is 2.51. The van der Waals surface area contributed by atoms with Crippen LogP contribution in [0.2, 0.25) is 30.7 Å². The first-order valence-corrected chi connectivity index (χ1v) is 24.9. The van der Waals surface area contributed by atoms with Gasteiger partial charge in [0.2, 0.25) is 11.8 Å². The van der Waals surface area contributed by atoms with Gasteiger partial charge in [0, 0.05) is 33.5 Å². The van der Waals surface area contributed by atoms with Crippen LogP contribution < -0.4 is 19.8 Å². The lowest BCUT2D eigenvalue weighted by Gasteiger charge is -2.45. The monoisotopic (exact) mass is 826 g/mol. The van der Waals surface area contributed by atoms with Crippen LogP contribution in [0, 0.1) is 0 Å². The molecule has 1 atom stereocenters. The molecule has 6 aromatic rings. The zero-order chi connectivity index (χ0) is 40.0. The molecule has 0 saturated carbocycles. The number of alkyl halides is 4. The van der Waals surface area contributed by atoms with E-state index in [1.165, 1.54) is 26.9 Å². The van der Waals surface area contributed by atoms with Gasteiger partial charge in [0.05, 0.1) is 39.7 Å². The number of aryl methyl sites for hydroxylation is 1. The number of fused-ring (bicyclic) bond motifs is 2. The molecule has 0 N–H and O–H groups in total. The first-order valence-electron chi connectivity index (χ1n) is 18.4. The molecule has 0 saturated heterocycles. The van der Waals surface area contributed by atoms with E-state index < -0.39 is 41.2 Å². The van der Waals surface area contributed by atoms with Crippen LogP contribution in [0.3, 0.4) is 0 Å². The quantitative estimate of drug-likeness (QED) is 0.0618. The lowest BCUT2D eigenvalue weighted by Crippen LogP contribution is -2.68. The number of halogens is 4. The van der Waals surface area contributed by atoms with Crippen molar-refractivity contribution in [3.63, 3.8) is 0 Å². The van der Waals surface area contributed by atoms with Crippen LogP contribution in [-0.4, -0.2) is 71.4 Å². The van der Waals surface area contributed by atoms with Gasteiger partial charge in [0.1, 0.15) is 19.0 Å². The summed E-state index contributed by atoms with van der Waals surface area (Å²) < 4.78 is 88.2. The average molecular weight is 827 g/mol. The molecule has 5 heterocycles. The van der Waals surface area contributed by atoms with Gasteiger partial charge < -0.3 is 18.6 Å². The van der Waals surface area contributed by atoms with Gasteiger partial charge in [-0.3, -0.25) is 9.25 Å². The Balaban J connectivity index is 1.37. The number of hydrogen-bond acceptors (Lipinski definition) is 8. The van der Waals surface area contributed by atoms with Gasteiger partial charge in [0.15, 0.2) is 5.65 Å². The number of hydrogen-bond donors (Lipinski definition) is 0. The molecule has 0 fully saturated rings. The summed E-state index contributed by atoms with van der Waals surface area (Å²) in [5.41, 5.74) is 2.30. The van der Waals surface area contributed by atoms with E-state index in [1.54, 1.807) is 17.1 Å². The molecule has 56 heavy (non-hydrogen) atoms. The molecule has 2 aromatic carbocycles. The lowest BCUT2D eigenvalue weighted by molar-refractivity contribution is -0.0527. The minimum Gasteiger partial charge on any atom is -0.475 e. The summed E-state index contributed by atoms with van der Waals surface area (Å²) in [6.07, 6.45) is -2.06. The maximum atomic E-state index is 15.4. The molecule has 1 aliphatic heterocycles. The Morgan fingerprint density at radius 1 is 0.946 bits per heavy atom. The molecular formula is C39H46F4N6O4SSi2. The van der Waals surface area contributed by atoms with Crippen molar-refractivity contribution in [1.82, 2.24) is 29.1 Å². The number of aromatic nitrogens is 6. The highest BCUT2D eigenvalue weighted by molar-refractivity contribution is 7.17. The molecular weight excluding hydrogens is 781 g/mol. The fourth-order valence-electron chi connectivity index (χ4n) is 7.47. The van der Waals surface area contributed by atoms with Crippen LogP contribution in [0.25, 0.3) is 32.7 Å². The van der Waals surface area contributed by atoms with Crippen LogP contribution >= 0.6 is 11.3 Å². The topological polar surface area (TPSA) is 90.4 Å². The maximum absolute atomic E-state index is 15.4. The number of nitrogens with zero attached hydrogens (tertiary/aromatic N) is 6. The van der Waals surface area contributed by atoms with Gasteiger partial charge in [-0.2, -0.15) is 13.9 Å². The fraction of sp³-hybridized carbons (Fsp3) is 0.410. The Hall–Kier alpha value is -4.30. The first kappa shape index (κ1) is 39.9. The Labute approximate surface area is 329 Å². The second-order valence-electron chi connectivity index (χ2n) is 16.2. The minimum atomic E-state index is -3.17. The number of thiazole rings is 1. The van der Waals surface area contributed by atoms with Gasteiger partial charge in [-0.15, -0.1) is 16.4 Å². The SMILES string of the molecule is Cn1cc(-c2c(-c3c(C(F)F)nn4c3OC[C@@H](O[Si](c3ccccc3)(c3ccccc3)C(C)(C)C)C4)n(COCC[Si](C)(C)C)c3ncsc23)c(OC(F)F)n1. The van der Waals surface area contributed by atoms with E-state index in [4.69, 9.17) is 18.6 Å². The lowest BCUT2D eigenvalue weighted by atomic mass is 10.0. The minimum absolute atomic E-state index is 0.0183. The van der Waals surface area contributed by atoms with E-state index in [2.05, 4.69) is 79.9 Å². The first-order chi connectivity index (χ1) is 26.6. The van der Waals surface area contributed by atoms with Gasteiger partial charge in [0.25, 0.3) is 14.7 Å². The molecule has 0 aliphatic carbocycles. The van der Waals surface area contributed by atoms with Crippen molar-refractivity contribution in [2.45, 2.75) is 83.9 Å². The Morgan fingerprint density at radius 3 is 2.20 bits per heavy atom. The molecule has 17 heteroatoms. The molecule has 1 aliphatic rings.